The predicted octanol–water partition coefficient (Wildman–Crippen LogP) is 15.8. The zero-order valence-corrected chi connectivity index (χ0v) is 31.9. The number of nitrogens with zero attached hydrogens (tertiary/aromatic N) is 1. The Morgan fingerprint density at radius 1 is 0.489 bits per heavy atom. The zero-order chi connectivity index (χ0) is 32.0. The largest absolute Gasteiger partial charge is 0.249 e. The Morgan fingerprint density at radius 2 is 0.844 bits per heavy atom. The van der Waals surface area contributed by atoms with Crippen LogP contribution in [0.15, 0.2) is 17.7 Å². The van der Waals surface area contributed by atoms with Crippen LogP contribution < -0.4 is 0 Å². The van der Waals surface area contributed by atoms with Gasteiger partial charge in [-0.05, 0) is 55.5 Å². The number of unbranched alkanes of at least 4 members (excludes halogenated alkanes) is 28. The third kappa shape index (κ3) is 20.9. The van der Waals surface area contributed by atoms with Crippen LogP contribution in [-0.2, 0) is 6.42 Å². The Kier molecular flexibility index (Phi) is 26.3. The number of aromatic nitrogens is 1. The first kappa shape index (κ1) is 40.4. The molecule has 0 aromatic carbocycles. The molecule has 0 saturated heterocycles. The van der Waals surface area contributed by atoms with Gasteiger partial charge >= 0.3 is 0 Å². The van der Waals surface area contributed by atoms with Gasteiger partial charge in [0, 0.05) is 0 Å². The Balaban J connectivity index is 1.33. The van der Waals surface area contributed by atoms with Crippen molar-refractivity contribution in [3.05, 3.63) is 34.1 Å². The molecule has 1 heterocycles. The number of allylic oxidation sites excluding steroid dienone is 4. The van der Waals surface area contributed by atoms with Crippen LogP contribution in [0.5, 0.6) is 0 Å². The second-order valence-corrected chi connectivity index (χ2v) is 16.2. The fourth-order valence-corrected chi connectivity index (χ4v) is 8.55. The number of aryl methyl sites for hydroxylation is 2. The van der Waals surface area contributed by atoms with E-state index in [0.717, 1.165) is 14.6 Å². The predicted molar refractivity (Wildman–Crippen MR) is 207 cm³/mol. The summed E-state index contributed by atoms with van der Waals surface area (Å²) in [7, 11) is 0.849. The van der Waals surface area contributed by atoms with Gasteiger partial charge in [-0.25, -0.2) is 4.98 Å². The van der Waals surface area contributed by atoms with Gasteiger partial charge < -0.3 is 0 Å². The molecule has 2 rings (SSSR count). The van der Waals surface area contributed by atoms with Gasteiger partial charge in [0.1, 0.15) is 0 Å². The van der Waals surface area contributed by atoms with Crippen molar-refractivity contribution in [2.24, 2.45) is 0 Å². The number of hydrogen-bond acceptors (Lipinski definition) is 1. The minimum Gasteiger partial charge on any atom is -0.249 e. The van der Waals surface area contributed by atoms with Gasteiger partial charge in [-0.1, -0.05) is 206 Å². The first-order valence-corrected chi connectivity index (χ1v) is 21.7. The first-order chi connectivity index (χ1) is 22.3. The van der Waals surface area contributed by atoms with E-state index in [9.17, 15) is 0 Å². The molecule has 0 spiro atoms. The van der Waals surface area contributed by atoms with Gasteiger partial charge in [0.15, 0.2) is 0 Å². The standard InChI is InChI=1S/C43H78NP/c1-4-6-8-10-11-12-13-14-15-16-17-18-19-20-21-22-23-24-25-26-27-28-29-30-31-32-35-40-36-34-37-41(40)43-39(3)45-42(44-43)38-33-9-7-5-2/h34,36,45H,4-33,35,37-38H2,1-3H3. The highest BCUT2D eigenvalue weighted by atomic mass is 31.0. The summed E-state index contributed by atoms with van der Waals surface area (Å²) in [6.07, 6.45) is 51.7. The maximum atomic E-state index is 5.16. The summed E-state index contributed by atoms with van der Waals surface area (Å²) in [4.78, 5) is 5.16. The highest BCUT2D eigenvalue weighted by molar-refractivity contribution is 7.31. The van der Waals surface area contributed by atoms with E-state index >= 15 is 0 Å². The molecule has 0 radical (unpaired) electrons. The fourth-order valence-electron chi connectivity index (χ4n) is 7.32. The van der Waals surface area contributed by atoms with E-state index in [-0.39, 0.29) is 0 Å². The monoisotopic (exact) mass is 640 g/mol. The summed E-state index contributed by atoms with van der Waals surface area (Å²) in [5, 5.41) is 1.54. The van der Waals surface area contributed by atoms with E-state index in [2.05, 4.69) is 32.9 Å². The summed E-state index contributed by atoms with van der Waals surface area (Å²) in [5.74, 6) is 0. The molecule has 1 aromatic heterocycles. The quantitative estimate of drug-likeness (QED) is 0.0697. The molecule has 1 aromatic rings. The average molecular weight is 640 g/mol. The molecule has 0 aliphatic heterocycles. The molecule has 260 valence electrons. The number of rotatable bonds is 33. The van der Waals surface area contributed by atoms with Crippen molar-refractivity contribution in [3.8, 4) is 0 Å². The maximum Gasteiger partial charge on any atom is 0.0741 e. The summed E-state index contributed by atoms with van der Waals surface area (Å²) in [6, 6.07) is 0. The smallest absolute Gasteiger partial charge is 0.0741 e. The van der Waals surface area contributed by atoms with Crippen LogP contribution in [0.4, 0.5) is 0 Å². The van der Waals surface area contributed by atoms with E-state index in [1.165, 1.54) is 217 Å². The van der Waals surface area contributed by atoms with Crippen LogP contribution >= 0.6 is 8.19 Å². The lowest BCUT2D eigenvalue weighted by Crippen LogP contribution is -1.91. The molecule has 1 aliphatic carbocycles. The van der Waals surface area contributed by atoms with Crippen LogP contribution in [0.1, 0.15) is 236 Å². The van der Waals surface area contributed by atoms with Crippen LogP contribution in [0.2, 0.25) is 0 Å². The summed E-state index contributed by atoms with van der Waals surface area (Å²) in [5.41, 5.74) is 5.99. The third-order valence-corrected chi connectivity index (χ3v) is 11.6. The van der Waals surface area contributed by atoms with E-state index in [1.807, 2.05) is 0 Å². The second-order valence-electron chi connectivity index (χ2n) is 14.7. The van der Waals surface area contributed by atoms with Crippen molar-refractivity contribution in [1.82, 2.24) is 4.98 Å². The van der Waals surface area contributed by atoms with Crippen LogP contribution in [-0.4, -0.2) is 4.98 Å². The molecule has 0 saturated carbocycles. The van der Waals surface area contributed by atoms with Crippen molar-refractivity contribution in [2.45, 2.75) is 233 Å². The molecule has 1 aliphatic rings. The lowest BCUT2D eigenvalue weighted by molar-refractivity contribution is 0.515. The van der Waals surface area contributed by atoms with Crippen molar-refractivity contribution < 1.29 is 0 Å². The normalized spacial score (nSPS) is 13.3. The maximum absolute atomic E-state index is 5.16. The second kappa shape index (κ2) is 29.3. The molecule has 1 unspecified atom stereocenters. The van der Waals surface area contributed by atoms with Crippen LogP contribution in [0, 0.1) is 6.92 Å². The molecule has 0 N–H and O–H groups in total. The Morgan fingerprint density at radius 3 is 1.27 bits per heavy atom. The Labute approximate surface area is 284 Å². The zero-order valence-electron chi connectivity index (χ0n) is 30.9. The first-order valence-electron chi connectivity index (χ1n) is 20.7. The van der Waals surface area contributed by atoms with Crippen molar-refractivity contribution in [2.75, 3.05) is 0 Å². The minimum atomic E-state index is 0.849. The Bertz CT molecular complexity index is 861. The van der Waals surface area contributed by atoms with Gasteiger partial charge in [-0.15, -0.1) is 8.19 Å². The fraction of sp³-hybridized carbons (Fsp3) is 0.837. The highest BCUT2D eigenvalue weighted by Crippen LogP contribution is 2.37. The van der Waals surface area contributed by atoms with Crippen molar-refractivity contribution in [1.29, 1.82) is 0 Å². The SMILES string of the molecule is CCCCCCCCCCCCCCCCCCCCCCCCCCCCC1=C(c2nc(CCCCCC)[pH]c2C)CC=C1. The molecule has 2 heteroatoms. The lowest BCUT2D eigenvalue weighted by Gasteiger charge is -2.07. The van der Waals surface area contributed by atoms with E-state index in [4.69, 9.17) is 4.98 Å². The summed E-state index contributed by atoms with van der Waals surface area (Å²) in [6.45, 7) is 6.94. The molecule has 1 nitrogen and oxygen atoms in total. The topological polar surface area (TPSA) is 12.9 Å². The lowest BCUT2D eigenvalue weighted by atomic mass is 10.00. The molecule has 0 amide bonds. The molecular weight excluding hydrogens is 561 g/mol. The van der Waals surface area contributed by atoms with Gasteiger partial charge in [-0.3, -0.25) is 0 Å². The number of hydrogen-bond donors (Lipinski definition) is 0. The molecule has 1 atom stereocenters. The third-order valence-electron chi connectivity index (χ3n) is 10.3. The van der Waals surface area contributed by atoms with E-state index < -0.39 is 0 Å². The average Bonchev–Trinajstić information content (AvgIpc) is 3.66. The molecule has 0 bridgehead atoms. The van der Waals surface area contributed by atoms with Crippen LogP contribution in [0.25, 0.3) is 5.57 Å². The summed E-state index contributed by atoms with van der Waals surface area (Å²) < 4.78 is 0. The van der Waals surface area contributed by atoms with Gasteiger partial charge in [-0.2, -0.15) is 0 Å². The summed E-state index contributed by atoms with van der Waals surface area (Å²) >= 11 is 0. The molecule has 0 fully saturated rings. The molecular formula is C43H78NP. The van der Waals surface area contributed by atoms with Crippen LogP contribution in [0.3, 0.4) is 0 Å². The van der Waals surface area contributed by atoms with Gasteiger partial charge in [0.2, 0.25) is 0 Å². The molecule has 45 heavy (non-hydrogen) atoms. The van der Waals surface area contributed by atoms with E-state index in [0.29, 0.717) is 0 Å². The highest BCUT2D eigenvalue weighted by Gasteiger charge is 2.16. The Hall–Kier alpha value is -0.810. The van der Waals surface area contributed by atoms with E-state index in [1.54, 1.807) is 16.4 Å². The minimum absolute atomic E-state index is 0.849. The van der Waals surface area contributed by atoms with Crippen molar-refractivity contribution in [3.63, 3.8) is 0 Å². The van der Waals surface area contributed by atoms with Crippen molar-refractivity contribution >= 4 is 13.8 Å². The van der Waals surface area contributed by atoms with Gasteiger partial charge in [0.25, 0.3) is 0 Å². The van der Waals surface area contributed by atoms with Gasteiger partial charge in [0.05, 0.1) is 11.1 Å².